The van der Waals surface area contributed by atoms with Crippen LogP contribution in [-0.4, -0.2) is 61.4 Å². The average Bonchev–Trinajstić information content (AvgIpc) is 3.73. The number of aromatic amines is 2. The smallest absolute Gasteiger partial charge is 0.303 e. The molecule has 0 radical (unpaired) electrons. The molecule has 266 valence electrons. The van der Waals surface area contributed by atoms with Crippen LogP contribution in [0.3, 0.4) is 0 Å². The number of hydrogen-bond acceptors (Lipinski definition) is 6. The van der Waals surface area contributed by atoms with Crippen molar-refractivity contribution in [3.05, 3.63) is 69.3 Å². The number of allylic oxidation sites excluding steroid dienone is 3. The molecule has 8 bridgehead atoms. The lowest BCUT2D eigenvalue weighted by Gasteiger charge is -2.15. The Bertz CT molecular complexity index is 2030. The van der Waals surface area contributed by atoms with Gasteiger partial charge in [-0.05, 0) is 125 Å². The van der Waals surface area contributed by atoms with E-state index in [1.165, 1.54) is 0 Å². The van der Waals surface area contributed by atoms with Crippen molar-refractivity contribution in [3.63, 3.8) is 0 Å². The molecule has 3 aromatic rings. The molecule has 2 unspecified atom stereocenters. The van der Waals surface area contributed by atoms with Crippen LogP contribution in [0.1, 0.15) is 125 Å². The summed E-state index contributed by atoms with van der Waals surface area (Å²) in [5.74, 6) is -1.76. The molecule has 0 saturated heterocycles. The average molecular weight is 683 g/mol. The third kappa shape index (κ3) is 7.61. The van der Waals surface area contributed by atoms with Crippen molar-refractivity contribution in [3.8, 4) is 0 Å². The first-order valence-corrected chi connectivity index (χ1v) is 17.7. The van der Waals surface area contributed by atoms with Gasteiger partial charge in [-0.15, -0.1) is 0 Å². The molecule has 10 heteroatoms. The zero-order valence-corrected chi connectivity index (χ0v) is 30.5. The maximum absolute atomic E-state index is 11.7. The Morgan fingerprint density at radius 2 is 1.20 bits per heavy atom. The maximum Gasteiger partial charge on any atom is 0.303 e. The van der Waals surface area contributed by atoms with E-state index in [4.69, 9.17) is 19.4 Å². The van der Waals surface area contributed by atoms with E-state index in [1.54, 1.807) is 0 Å². The molecule has 0 aliphatic carbocycles. The van der Waals surface area contributed by atoms with Crippen molar-refractivity contribution >= 4 is 56.3 Å². The summed E-state index contributed by atoms with van der Waals surface area (Å²) in [7, 11) is 0. The summed E-state index contributed by atoms with van der Waals surface area (Å²) in [6.07, 6.45) is 1.97. The second kappa shape index (κ2) is 15.6. The standard InChI is InChI=1S/C40H50N4O6/c1-9-15-49-25(7)39-23(5)31-17-29-21(3)27(11-13-37(45)46)33(41-29)20-34-28(12-14-38(47)48)22(4)30(42-34)18-35-40(26(8)50-16-10-2)24(6)32(44-35)19-36(39)43-31/h17-20,25-26,42-43H,9-16H2,1-8H3,(H,45,46)(H,47,48). The van der Waals surface area contributed by atoms with Gasteiger partial charge >= 0.3 is 11.9 Å². The monoisotopic (exact) mass is 682 g/mol. The number of aliphatic carboxylic acids is 2. The number of H-pyrrole nitrogens is 2. The largest absolute Gasteiger partial charge is 0.481 e. The molecule has 10 nitrogen and oxygen atoms in total. The Kier molecular flexibility index (Phi) is 11.4. The first kappa shape index (κ1) is 36.7. The molecule has 0 spiro atoms. The molecule has 50 heavy (non-hydrogen) atoms. The second-order valence-electron chi connectivity index (χ2n) is 13.3. The number of hydrogen-bond donors (Lipinski definition) is 4. The highest BCUT2D eigenvalue weighted by molar-refractivity contribution is 5.96. The van der Waals surface area contributed by atoms with Gasteiger partial charge in [0, 0.05) is 59.3 Å². The van der Waals surface area contributed by atoms with E-state index >= 15 is 0 Å². The predicted molar refractivity (Wildman–Crippen MR) is 199 cm³/mol. The lowest BCUT2D eigenvalue weighted by atomic mass is 9.99. The zero-order chi connectivity index (χ0) is 36.3. The summed E-state index contributed by atoms with van der Waals surface area (Å²) in [6, 6.07) is 8.08. The van der Waals surface area contributed by atoms with Crippen LogP contribution in [-0.2, 0) is 25.5 Å². The molecule has 5 rings (SSSR count). The first-order valence-electron chi connectivity index (χ1n) is 17.7. The van der Waals surface area contributed by atoms with Gasteiger partial charge in [0.25, 0.3) is 0 Å². The van der Waals surface area contributed by atoms with E-state index in [0.717, 1.165) is 96.5 Å². The third-order valence-electron chi connectivity index (χ3n) is 9.77. The van der Waals surface area contributed by atoms with Gasteiger partial charge in [-0.25, -0.2) is 9.97 Å². The number of fused-ring (bicyclic) bond motifs is 8. The lowest BCUT2D eigenvalue weighted by molar-refractivity contribution is -0.137. The number of carboxylic acids is 2. The van der Waals surface area contributed by atoms with Crippen LogP contribution in [0.5, 0.6) is 0 Å². The van der Waals surface area contributed by atoms with E-state index in [1.807, 2.05) is 32.0 Å². The Morgan fingerprint density at radius 3 is 1.86 bits per heavy atom. The molecule has 2 aliphatic heterocycles. The molecule has 0 amide bonds. The van der Waals surface area contributed by atoms with Crippen LogP contribution in [0.2, 0.25) is 0 Å². The fourth-order valence-electron chi connectivity index (χ4n) is 7.04. The van der Waals surface area contributed by atoms with E-state index in [-0.39, 0.29) is 25.0 Å². The first-order chi connectivity index (χ1) is 23.8. The van der Waals surface area contributed by atoms with Gasteiger partial charge < -0.3 is 29.7 Å². The van der Waals surface area contributed by atoms with Crippen molar-refractivity contribution in [2.75, 3.05) is 13.2 Å². The lowest BCUT2D eigenvalue weighted by Crippen LogP contribution is -2.11. The van der Waals surface area contributed by atoms with E-state index in [2.05, 4.69) is 57.6 Å². The minimum absolute atomic E-state index is 0.0335. The molecule has 0 saturated carbocycles. The molecule has 0 fully saturated rings. The van der Waals surface area contributed by atoms with Crippen molar-refractivity contribution in [1.29, 1.82) is 0 Å². The Hall–Kier alpha value is -4.54. The number of nitrogens with one attached hydrogen (secondary N) is 2. The molecule has 3 aromatic heterocycles. The molecule has 2 aliphatic rings. The number of aromatic nitrogens is 4. The van der Waals surface area contributed by atoms with Gasteiger partial charge in [0.2, 0.25) is 0 Å². The molecular formula is C40H50N4O6. The predicted octanol–water partition coefficient (Wildman–Crippen LogP) is 8.98. The van der Waals surface area contributed by atoms with E-state index < -0.39 is 11.9 Å². The number of carbonyl (C=O) groups is 2. The minimum atomic E-state index is -0.883. The number of carboxylic acid groups (broad SMARTS) is 2. The highest BCUT2D eigenvalue weighted by Gasteiger charge is 2.25. The number of aryl methyl sites for hydroxylation is 3. The maximum atomic E-state index is 11.7. The van der Waals surface area contributed by atoms with Crippen LogP contribution in [0.15, 0.2) is 24.3 Å². The van der Waals surface area contributed by atoms with Gasteiger partial charge in [0.1, 0.15) is 0 Å². The molecule has 0 aromatic carbocycles. The number of ether oxygens (including phenoxy) is 2. The van der Waals surface area contributed by atoms with Gasteiger partial charge in [-0.3, -0.25) is 9.59 Å². The second-order valence-corrected chi connectivity index (χ2v) is 13.3. The third-order valence-corrected chi connectivity index (χ3v) is 9.77. The van der Waals surface area contributed by atoms with E-state index in [0.29, 0.717) is 31.7 Å². The SMILES string of the molecule is CCCOC(C)C1=C(C)c2cc3[nH]c(cc4nc(cc5[nH]c(cc1n2)c(C)c5CCC(=O)O)C(CCC(=O)O)=C4C)c(C)c3C(C)OCCC. The van der Waals surface area contributed by atoms with Crippen LogP contribution in [0.25, 0.3) is 44.4 Å². The molecular weight excluding hydrogens is 632 g/mol. The van der Waals surface area contributed by atoms with Crippen LogP contribution >= 0.6 is 0 Å². The van der Waals surface area contributed by atoms with Crippen LogP contribution < -0.4 is 0 Å². The molecule has 4 N–H and O–H groups in total. The van der Waals surface area contributed by atoms with Gasteiger partial charge in [0.05, 0.1) is 35.0 Å². The number of rotatable bonds is 14. The van der Waals surface area contributed by atoms with Crippen LogP contribution in [0.4, 0.5) is 0 Å². The zero-order valence-electron chi connectivity index (χ0n) is 30.5. The number of nitrogens with zero attached hydrogens (tertiary/aromatic N) is 2. The van der Waals surface area contributed by atoms with Gasteiger partial charge in [0.15, 0.2) is 0 Å². The van der Waals surface area contributed by atoms with Crippen molar-refractivity contribution in [1.82, 2.24) is 19.9 Å². The highest BCUT2D eigenvalue weighted by Crippen LogP contribution is 2.38. The molecule has 5 heterocycles. The summed E-state index contributed by atoms with van der Waals surface area (Å²) in [4.78, 5) is 40.9. The Balaban J connectivity index is 1.92. The Labute approximate surface area is 293 Å². The summed E-state index contributed by atoms with van der Waals surface area (Å²) >= 11 is 0. The van der Waals surface area contributed by atoms with Crippen molar-refractivity contribution in [2.45, 2.75) is 106 Å². The van der Waals surface area contributed by atoms with Crippen molar-refractivity contribution in [2.24, 2.45) is 0 Å². The fourth-order valence-corrected chi connectivity index (χ4v) is 7.04. The minimum Gasteiger partial charge on any atom is -0.481 e. The quantitative estimate of drug-likeness (QED) is 0.132. The normalized spacial score (nSPS) is 14.4. The highest BCUT2D eigenvalue weighted by atomic mass is 16.5. The summed E-state index contributed by atoms with van der Waals surface area (Å²) in [6.45, 7) is 17.7. The van der Waals surface area contributed by atoms with Crippen LogP contribution in [0, 0.1) is 13.8 Å². The van der Waals surface area contributed by atoms with Gasteiger partial charge in [-0.2, -0.15) is 0 Å². The van der Waals surface area contributed by atoms with E-state index in [9.17, 15) is 19.8 Å². The Morgan fingerprint density at radius 1 is 0.680 bits per heavy atom. The van der Waals surface area contributed by atoms with Crippen molar-refractivity contribution < 1.29 is 29.3 Å². The fraction of sp³-hybridized carbons (Fsp3) is 0.450. The summed E-state index contributed by atoms with van der Waals surface area (Å²) in [5, 5.41) is 19.2. The summed E-state index contributed by atoms with van der Waals surface area (Å²) < 4.78 is 12.5. The topological polar surface area (TPSA) is 150 Å². The van der Waals surface area contributed by atoms with Gasteiger partial charge in [-0.1, -0.05) is 13.8 Å². The summed E-state index contributed by atoms with van der Waals surface area (Å²) in [5.41, 5.74) is 14.0. The molecule has 2 atom stereocenters.